The van der Waals surface area contributed by atoms with E-state index in [0.29, 0.717) is 6.61 Å². The minimum atomic E-state index is -0.675. The molecule has 1 fully saturated rings. The highest BCUT2D eigenvalue weighted by molar-refractivity contribution is 5.97. The number of benzene rings is 1. The number of hydrogen-bond donors (Lipinski definition) is 2. The molecule has 0 radical (unpaired) electrons. The van der Waals surface area contributed by atoms with Crippen molar-refractivity contribution in [2.45, 2.75) is 38.8 Å². The van der Waals surface area contributed by atoms with Crippen molar-refractivity contribution >= 4 is 11.6 Å². The molecule has 2 N–H and O–H groups in total. The normalized spacial score (nSPS) is 22.4. The van der Waals surface area contributed by atoms with E-state index >= 15 is 0 Å². The Morgan fingerprint density at radius 2 is 2.21 bits per heavy atom. The molecule has 1 amide bonds. The van der Waals surface area contributed by atoms with Crippen molar-refractivity contribution in [1.29, 1.82) is 0 Å². The van der Waals surface area contributed by atoms with Gasteiger partial charge in [-0.3, -0.25) is 4.79 Å². The molecular formula is C15H22N2O2. The van der Waals surface area contributed by atoms with Crippen LogP contribution in [0.3, 0.4) is 0 Å². The van der Waals surface area contributed by atoms with Crippen LogP contribution in [0.25, 0.3) is 0 Å². The number of carbonyl (C=O) groups excluding carboxylic acids is 1. The first-order chi connectivity index (χ1) is 9.15. The topological polar surface area (TPSA) is 50.4 Å². The molecule has 4 heteroatoms. The van der Waals surface area contributed by atoms with Gasteiger partial charge in [-0.1, -0.05) is 25.1 Å². The van der Waals surface area contributed by atoms with Crippen LogP contribution >= 0.6 is 0 Å². The molecule has 1 aliphatic rings. The largest absolute Gasteiger partial charge is 0.365 e. The van der Waals surface area contributed by atoms with Gasteiger partial charge in [-0.25, -0.2) is 0 Å². The van der Waals surface area contributed by atoms with Gasteiger partial charge in [0, 0.05) is 18.8 Å². The first kappa shape index (κ1) is 14.0. The van der Waals surface area contributed by atoms with Gasteiger partial charge in [0.05, 0.1) is 0 Å². The highest BCUT2D eigenvalue weighted by Gasteiger charge is 2.37. The van der Waals surface area contributed by atoms with Gasteiger partial charge in [0.2, 0.25) is 0 Å². The van der Waals surface area contributed by atoms with E-state index in [4.69, 9.17) is 4.74 Å². The summed E-state index contributed by atoms with van der Waals surface area (Å²) in [7, 11) is 0. The van der Waals surface area contributed by atoms with Crippen molar-refractivity contribution in [3.05, 3.63) is 29.8 Å². The van der Waals surface area contributed by atoms with Crippen molar-refractivity contribution in [3.63, 3.8) is 0 Å². The lowest BCUT2D eigenvalue weighted by molar-refractivity contribution is -0.133. The molecule has 0 aliphatic carbocycles. The van der Waals surface area contributed by atoms with Crippen molar-refractivity contribution in [2.24, 2.45) is 0 Å². The van der Waals surface area contributed by atoms with E-state index in [1.165, 1.54) is 0 Å². The summed E-state index contributed by atoms with van der Waals surface area (Å²) in [5.74, 6) is -0.0473. The molecule has 0 spiro atoms. The second kappa shape index (κ2) is 6.17. The predicted octanol–water partition coefficient (Wildman–Crippen LogP) is 2.30. The summed E-state index contributed by atoms with van der Waals surface area (Å²) in [5.41, 5.74) is 1.29. The molecule has 1 aromatic carbocycles. The third-order valence-electron chi connectivity index (χ3n) is 3.53. The summed E-state index contributed by atoms with van der Waals surface area (Å²) in [4.78, 5) is 12.3. The van der Waals surface area contributed by atoms with E-state index < -0.39 is 5.60 Å². The number of ether oxygens (including phenoxy) is 1. The second-order valence-corrected chi connectivity index (χ2v) is 5.07. The fraction of sp³-hybridized carbons (Fsp3) is 0.533. The van der Waals surface area contributed by atoms with E-state index in [2.05, 4.69) is 17.6 Å². The SMILES string of the molecule is CCNCc1ccccc1NC(=O)C1(C)CCCO1. The van der Waals surface area contributed by atoms with Crippen LogP contribution in [-0.4, -0.2) is 24.7 Å². The molecule has 104 valence electrons. The molecule has 19 heavy (non-hydrogen) atoms. The maximum atomic E-state index is 12.3. The number of hydrogen-bond acceptors (Lipinski definition) is 3. The number of nitrogens with one attached hydrogen (secondary N) is 2. The van der Waals surface area contributed by atoms with Gasteiger partial charge < -0.3 is 15.4 Å². The van der Waals surface area contributed by atoms with E-state index in [0.717, 1.165) is 37.2 Å². The summed E-state index contributed by atoms with van der Waals surface area (Å²) in [6.07, 6.45) is 1.73. The standard InChI is InChI=1S/C15H22N2O2/c1-3-16-11-12-7-4-5-8-13(12)17-14(18)15(2)9-6-10-19-15/h4-5,7-8,16H,3,6,9-11H2,1-2H3,(H,17,18). The van der Waals surface area contributed by atoms with Crippen LogP contribution in [0.15, 0.2) is 24.3 Å². The average Bonchev–Trinajstić information content (AvgIpc) is 2.86. The van der Waals surface area contributed by atoms with Gasteiger partial charge in [-0.05, 0) is 37.9 Å². The van der Waals surface area contributed by atoms with Crippen LogP contribution < -0.4 is 10.6 Å². The summed E-state index contributed by atoms with van der Waals surface area (Å²) >= 11 is 0. The molecule has 1 atom stereocenters. The fourth-order valence-electron chi connectivity index (χ4n) is 2.27. The lowest BCUT2D eigenvalue weighted by Crippen LogP contribution is -2.39. The van der Waals surface area contributed by atoms with Gasteiger partial charge >= 0.3 is 0 Å². The smallest absolute Gasteiger partial charge is 0.256 e. The van der Waals surface area contributed by atoms with E-state index in [9.17, 15) is 4.79 Å². The number of para-hydroxylation sites is 1. The summed E-state index contributed by atoms with van der Waals surface area (Å²) in [5, 5.41) is 6.27. The summed E-state index contributed by atoms with van der Waals surface area (Å²) < 4.78 is 5.57. The molecule has 0 aromatic heterocycles. The van der Waals surface area contributed by atoms with Gasteiger partial charge in [0.1, 0.15) is 5.60 Å². The maximum absolute atomic E-state index is 12.3. The van der Waals surface area contributed by atoms with Gasteiger partial charge in [0.15, 0.2) is 0 Å². The Bertz CT molecular complexity index is 440. The van der Waals surface area contributed by atoms with Crippen LogP contribution in [-0.2, 0) is 16.1 Å². The second-order valence-electron chi connectivity index (χ2n) is 5.07. The van der Waals surface area contributed by atoms with Crippen LogP contribution in [0, 0.1) is 0 Å². The van der Waals surface area contributed by atoms with Crippen molar-refractivity contribution < 1.29 is 9.53 Å². The summed E-state index contributed by atoms with van der Waals surface area (Å²) in [6, 6.07) is 7.87. The van der Waals surface area contributed by atoms with Gasteiger partial charge in [-0.15, -0.1) is 0 Å². The quantitative estimate of drug-likeness (QED) is 0.856. The Hall–Kier alpha value is -1.39. The average molecular weight is 262 g/mol. The monoisotopic (exact) mass is 262 g/mol. The zero-order valence-electron chi connectivity index (χ0n) is 11.7. The molecule has 1 aromatic rings. The molecule has 0 saturated carbocycles. The van der Waals surface area contributed by atoms with Crippen LogP contribution in [0.2, 0.25) is 0 Å². The number of rotatable bonds is 5. The van der Waals surface area contributed by atoms with E-state index in [-0.39, 0.29) is 5.91 Å². The Kier molecular flexibility index (Phi) is 4.56. The molecule has 1 saturated heterocycles. The molecule has 2 rings (SSSR count). The lowest BCUT2D eigenvalue weighted by Gasteiger charge is -2.23. The number of anilines is 1. The minimum absolute atomic E-state index is 0.0473. The van der Waals surface area contributed by atoms with Crippen molar-refractivity contribution in [1.82, 2.24) is 5.32 Å². The molecular weight excluding hydrogens is 240 g/mol. The highest BCUT2D eigenvalue weighted by Crippen LogP contribution is 2.27. The zero-order valence-corrected chi connectivity index (χ0v) is 11.7. The fourth-order valence-corrected chi connectivity index (χ4v) is 2.27. The Morgan fingerprint density at radius 3 is 2.89 bits per heavy atom. The maximum Gasteiger partial charge on any atom is 0.256 e. The summed E-state index contributed by atoms with van der Waals surface area (Å²) in [6.45, 7) is 6.26. The predicted molar refractivity (Wildman–Crippen MR) is 76.0 cm³/mol. The molecule has 1 unspecified atom stereocenters. The highest BCUT2D eigenvalue weighted by atomic mass is 16.5. The van der Waals surface area contributed by atoms with Gasteiger partial charge in [-0.2, -0.15) is 0 Å². The molecule has 1 heterocycles. The van der Waals surface area contributed by atoms with Crippen LogP contribution in [0.1, 0.15) is 32.3 Å². The Morgan fingerprint density at radius 1 is 1.42 bits per heavy atom. The number of amides is 1. The molecule has 1 aliphatic heterocycles. The Balaban J connectivity index is 2.07. The van der Waals surface area contributed by atoms with E-state index in [1.54, 1.807) is 0 Å². The third-order valence-corrected chi connectivity index (χ3v) is 3.53. The zero-order chi connectivity index (χ0) is 13.7. The molecule has 4 nitrogen and oxygen atoms in total. The third kappa shape index (κ3) is 3.33. The van der Waals surface area contributed by atoms with Crippen molar-refractivity contribution in [3.8, 4) is 0 Å². The van der Waals surface area contributed by atoms with Crippen LogP contribution in [0.5, 0.6) is 0 Å². The lowest BCUT2D eigenvalue weighted by atomic mass is 10.0. The first-order valence-corrected chi connectivity index (χ1v) is 6.90. The van der Waals surface area contributed by atoms with Crippen LogP contribution in [0.4, 0.5) is 5.69 Å². The Labute approximate surface area is 114 Å². The number of carbonyl (C=O) groups is 1. The molecule has 0 bridgehead atoms. The minimum Gasteiger partial charge on any atom is -0.365 e. The van der Waals surface area contributed by atoms with Gasteiger partial charge in [0.25, 0.3) is 5.91 Å². The first-order valence-electron chi connectivity index (χ1n) is 6.90. The van der Waals surface area contributed by atoms with E-state index in [1.807, 2.05) is 31.2 Å². The van der Waals surface area contributed by atoms with Crippen molar-refractivity contribution in [2.75, 3.05) is 18.5 Å².